The minimum Gasteiger partial charge on any atom is -0.507 e. The number of phenols is 1. The summed E-state index contributed by atoms with van der Waals surface area (Å²) < 4.78 is 0. The van der Waals surface area contributed by atoms with Crippen LogP contribution in [0.1, 0.15) is 15.4 Å². The number of carbonyl (C=O) groups is 2. The number of aromatic hydroxyl groups is 1. The van der Waals surface area contributed by atoms with Crippen molar-refractivity contribution in [2.24, 2.45) is 0 Å². The van der Waals surface area contributed by atoms with E-state index in [4.69, 9.17) is 5.11 Å². The Labute approximate surface area is 124 Å². The summed E-state index contributed by atoms with van der Waals surface area (Å²) in [6.07, 6.45) is 2.33. The van der Waals surface area contributed by atoms with Gasteiger partial charge in [0, 0.05) is 36.3 Å². The molecule has 4 N–H and O–H groups in total. The molecule has 0 aliphatic rings. The molecule has 0 radical (unpaired) electrons. The Hall–Kier alpha value is -2.61. The van der Waals surface area contributed by atoms with Crippen LogP contribution < -0.4 is 10.6 Å². The van der Waals surface area contributed by atoms with Crippen LogP contribution in [0, 0.1) is 0 Å². The van der Waals surface area contributed by atoms with Crippen molar-refractivity contribution in [2.45, 2.75) is 6.42 Å². The normalized spacial score (nSPS) is 10.1. The van der Waals surface area contributed by atoms with E-state index in [2.05, 4.69) is 15.6 Å². The summed E-state index contributed by atoms with van der Waals surface area (Å²) in [5, 5.41) is 26.2. The molecular weight excluding hydrogens is 294 g/mol. The molecule has 7 nitrogen and oxygen atoms in total. The number of hydrogen-bond donors (Lipinski definition) is 4. The van der Waals surface area contributed by atoms with E-state index in [1.54, 1.807) is 6.20 Å². The smallest absolute Gasteiger partial charge is 0.339 e. The molecule has 2 aromatic rings. The van der Waals surface area contributed by atoms with Crippen molar-refractivity contribution in [1.82, 2.24) is 10.3 Å². The molecule has 0 aliphatic carbocycles. The number of urea groups is 1. The van der Waals surface area contributed by atoms with Gasteiger partial charge < -0.3 is 20.8 Å². The third-order valence-electron chi connectivity index (χ3n) is 2.59. The van der Waals surface area contributed by atoms with Crippen LogP contribution in [0.2, 0.25) is 0 Å². The number of amides is 2. The highest BCUT2D eigenvalue weighted by Crippen LogP contribution is 2.21. The van der Waals surface area contributed by atoms with E-state index in [0.717, 1.165) is 5.01 Å². The van der Waals surface area contributed by atoms with Crippen LogP contribution >= 0.6 is 11.3 Å². The zero-order valence-electron chi connectivity index (χ0n) is 10.9. The van der Waals surface area contributed by atoms with E-state index in [-0.39, 0.29) is 5.56 Å². The van der Waals surface area contributed by atoms with Gasteiger partial charge >= 0.3 is 12.0 Å². The van der Waals surface area contributed by atoms with Gasteiger partial charge in [0.2, 0.25) is 0 Å². The van der Waals surface area contributed by atoms with E-state index in [9.17, 15) is 14.7 Å². The number of aromatic nitrogens is 1. The zero-order valence-corrected chi connectivity index (χ0v) is 11.7. The summed E-state index contributed by atoms with van der Waals surface area (Å²) in [6, 6.07) is 3.38. The van der Waals surface area contributed by atoms with Gasteiger partial charge in [0.1, 0.15) is 11.3 Å². The van der Waals surface area contributed by atoms with E-state index < -0.39 is 17.7 Å². The van der Waals surface area contributed by atoms with Gasteiger partial charge in [0.25, 0.3) is 0 Å². The van der Waals surface area contributed by atoms with Crippen LogP contribution in [-0.4, -0.2) is 33.7 Å². The van der Waals surface area contributed by atoms with Gasteiger partial charge in [-0.3, -0.25) is 0 Å². The van der Waals surface area contributed by atoms with Crippen LogP contribution in [0.4, 0.5) is 10.5 Å². The Morgan fingerprint density at radius 2 is 2.14 bits per heavy atom. The molecule has 0 atom stereocenters. The lowest BCUT2D eigenvalue weighted by Crippen LogP contribution is -2.30. The quantitative estimate of drug-likeness (QED) is 0.674. The van der Waals surface area contributed by atoms with Crippen LogP contribution in [0.5, 0.6) is 5.75 Å². The number of benzene rings is 1. The Morgan fingerprint density at radius 3 is 2.76 bits per heavy atom. The van der Waals surface area contributed by atoms with Gasteiger partial charge in [-0.05, 0) is 12.1 Å². The van der Waals surface area contributed by atoms with Gasteiger partial charge in [-0.1, -0.05) is 0 Å². The van der Waals surface area contributed by atoms with Gasteiger partial charge in [-0.2, -0.15) is 0 Å². The van der Waals surface area contributed by atoms with Crippen LogP contribution in [0.25, 0.3) is 0 Å². The number of anilines is 1. The predicted octanol–water partition coefficient (Wildman–Crippen LogP) is 1.91. The SMILES string of the molecule is O=C(NCCc1nccs1)Nc1ccc(C(=O)O)c(O)c1. The van der Waals surface area contributed by atoms with Crippen LogP contribution in [0.15, 0.2) is 29.8 Å². The molecule has 2 rings (SSSR count). The first kappa shape index (κ1) is 14.8. The number of hydrogen-bond acceptors (Lipinski definition) is 5. The number of thiazole rings is 1. The molecule has 21 heavy (non-hydrogen) atoms. The van der Waals surface area contributed by atoms with Gasteiger partial charge in [-0.15, -0.1) is 11.3 Å². The lowest BCUT2D eigenvalue weighted by atomic mass is 10.2. The number of carboxylic acid groups (broad SMARTS) is 1. The summed E-state index contributed by atoms with van der Waals surface area (Å²) in [7, 11) is 0. The summed E-state index contributed by atoms with van der Waals surface area (Å²) >= 11 is 1.51. The highest BCUT2D eigenvalue weighted by atomic mass is 32.1. The molecule has 0 saturated carbocycles. The Kier molecular flexibility index (Phi) is 4.72. The molecule has 110 valence electrons. The van der Waals surface area contributed by atoms with Crippen LogP contribution in [0.3, 0.4) is 0 Å². The number of rotatable bonds is 5. The first-order valence-electron chi connectivity index (χ1n) is 6.06. The molecule has 0 fully saturated rings. The van der Waals surface area contributed by atoms with E-state index >= 15 is 0 Å². The molecule has 8 heteroatoms. The fourth-order valence-electron chi connectivity index (χ4n) is 1.62. The highest BCUT2D eigenvalue weighted by Gasteiger charge is 2.10. The molecular formula is C13H13N3O4S. The van der Waals surface area contributed by atoms with Crippen molar-refractivity contribution in [2.75, 3.05) is 11.9 Å². The van der Waals surface area contributed by atoms with Crippen molar-refractivity contribution in [3.05, 3.63) is 40.3 Å². The highest BCUT2D eigenvalue weighted by molar-refractivity contribution is 7.09. The minimum absolute atomic E-state index is 0.218. The molecule has 0 spiro atoms. The number of nitrogens with one attached hydrogen (secondary N) is 2. The number of carbonyl (C=O) groups excluding carboxylic acids is 1. The number of carboxylic acids is 1. The molecule has 1 aromatic carbocycles. The average molecular weight is 307 g/mol. The Morgan fingerprint density at radius 1 is 1.33 bits per heavy atom. The van der Waals surface area contributed by atoms with Crippen molar-refractivity contribution in [1.29, 1.82) is 0 Å². The lowest BCUT2D eigenvalue weighted by Gasteiger charge is -2.08. The zero-order chi connectivity index (χ0) is 15.2. The summed E-state index contributed by atoms with van der Waals surface area (Å²) in [5.41, 5.74) is 0.0916. The second kappa shape index (κ2) is 6.71. The molecule has 0 saturated heterocycles. The topological polar surface area (TPSA) is 112 Å². The predicted molar refractivity (Wildman–Crippen MR) is 77.9 cm³/mol. The van der Waals surface area contributed by atoms with Gasteiger partial charge in [-0.25, -0.2) is 14.6 Å². The summed E-state index contributed by atoms with van der Waals surface area (Å²) in [6.45, 7) is 0.429. The fraction of sp³-hybridized carbons (Fsp3) is 0.154. The van der Waals surface area contributed by atoms with E-state index in [0.29, 0.717) is 18.7 Å². The Bertz CT molecular complexity index is 643. The first-order valence-corrected chi connectivity index (χ1v) is 6.94. The lowest BCUT2D eigenvalue weighted by molar-refractivity contribution is 0.0694. The largest absolute Gasteiger partial charge is 0.507 e. The van der Waals surface area contributed by atoms with Gasteiger partial charge in [0.05, 0.1) is 5.01 Å². The summed E-state index contributed by atoms with van der Waals surface area (Å²) in [4.78, 5) is 26.5. The summed E-state index contributed by atoms with van der Waals surface area (Å²) in [5.74, 6) is -1.63. The molecule has 0 aliphatic heterocycles. The third-order valence-corrected chi connectivity index (χ3v) is 3.43. The standard InChI is InChI=1S/C13H13N3O4S/c17-10-7-8(1-2-9(10)12(18)19)16-13(20)15-4-3-11-14-5-6-21-11/h1-2,5-7,17H,3-4H2,(H,18,19)(H2,15,16,20). The van der Waals surface area contributed by atoms with Crippen molar-refractivity contribution >= 4 is 29.0 Å². The maximum atomic E-state index is 11.6. The maximum Gasteiger partial charge on any atom is 0.339 e. The maximum absolute atomic E-state index is 11.6. The average Bonchev–Trinajstić information content (AvgIpc) is 2.91. The molecule has 1 aromatic heterocycles. The third kappa shape index (κ3) is 4.18. The van der Waals surface area contributed by atoms with Crippen LogP contribution in [-0.2, 0) is 6.42 Å². The molecule has 2 amide bonds. The minimum atomic E-state index is -1.23. The second-order valence-corrected chi connectivity index (χ2v) is 5.07. The Balaban J connectivity index is 1.85. The molecule has 1 heterocycles. The molecule has 0 bridgehead atoms. The van der Waals surface area contributed by atoms with Crippen molar-refractivity contribution < 1.29 is 19.8 Å². The van der Waals surface area contributed by atoms with E-state index in [1.165, 1.54) is 29.5 Å². The second-order valence-electron chi connectivity index (χ2n) is 4.09. The van der Waals surface area contributed by atoms with Gasteiger partial charge in [0.15, 0.2) is 0 Å². The number of aromatic carboxylic acids is 1. The molecule has 0 unspecified atom stereocenters. The van der Waals surface area contributed by atoms with Crippen molar-refractivity contribution in [3.8, 4) is 5.75 Å². The van der Waals surface area contributed by atoms with E-state index in [1.807, 2.05) is 5.38 Å². The van der Waals surface area contributed by atoms with Crippen molar-refractivity contribution in [3.63, 3.8) is 0 Å². The monoisotopic (exact) mass is 307 g/mol. The number of nitrogens with zero attached hydrogens (tertiary/aromatic N) is 1. The first-order chi connectivity index (χ1) is 10.1. The fourth-order valence-corrected chi connectivity index (χ4v) is 2.25.